The van der Waals surface area contributed by atoms with Gasteiger partial charge in [0, 0.05) is 21.8 Å². The highest BCUT2D eigenvalue weighted by Gasteiger charge is 2.15. The Morgan fingerprint density at radius 2 is 1.59 bits per heavy atom. The largest absolute Gasteiger partial charge is 0.325 e. The van der Waals surface area contributed by atoms with Gasteiger partial charge in [0.15, 0.2) is 0 Å². The van der Waals surface area contributed by atoms with Crippen molar-refractivity contribution in [1.82, 2.24) is 5.32 Å². The van der Waals surface area contributed by atoms with Crippen LogP contribution >= 0.6 is 23.1 Å². The van der Waals surface area contributed by atoms with Crippen molar-refractivity contribution < 1.29 is 14.4 Å². The van der Waals surface area contributed by atoms with Crippen molar-refractivity contribution in [2.45, 2.75) is 11.8 Å². The number of para-hydroxylation sites is 1. The quantitative estimate of drug-likeness (QED) is 0.179. The summed E-state index contributed by atoms with van der Waals surface area (Å²) in [6.45, 7) is 1.95. The van der Waals surface area contributed by atoms with Gasteiger partial charge in [0.2, 0.25) is 5.91 Å². The molecule has 0 saturated carbocycles. The molecule has 0 fully saturated rings. The van der Waals surface area contributed by atoms with E-state index in [-0.39, 0.29) is 23.3 Å². The maximum absolute atomic E-state index is 13.1. The smallest absolute Gasteiger partial charge is 0.272 e. The fraction of sp³-hybridized carbons (Fsp3) is 0.0690. The zero-order valence-electron chi connectivity index (χ0n) is 20.1. The molecule has 0 saturated heterocycles. The Kier molecular flexibility index (Phi) is 8.91. The molecule has 3 amide bonds. The van der Waals surface area contributed by atoms with E-state index in [1.54, 1.807) is 42.5 Å². The summed E-state index contributed by atoms with van der Waals surface area (Å²) in [6, 6.07) is 25.4. The summed E-state index contributed by atoms with van der Waals surface area (Å²) in [5, 5.41) is 12.3. The molecule has 37 heavy (non-hydrogen) atoms. The van der Waals surface area contributed by atoms with Crippen LogP contribution in [0.2, 0.25) is 0 Å². The molecular weight excluding hydrogens is 502 g/mol. The van der Waals surface area contributed by atoms with Gasteiger partial charge in [-0.3, -0.25) is 14.4 Å². The standard InChI is InChI=1S/C29H25N3O3S2/c1-20-7-5-6-10-25(20)31-27(33)19-37-24-13-11-23(12-14-24)30-29(35)26(17-21-15-16-36-18-21)32-28(34)22-8-3-2-4-9-22/h2-18H,19H2,1H3,(H,30,35)(H,31,33)(H,32,34)/b26-17-. The fourth-order valence-electron chi connectivity index (χ4n) is 3.35. The average molecular weight is 528 g/mol. The monoisotopic (exact) mass is 527 g/mol. The highest BCUT2D eigenvalue weighted by atomic mass is 32.2. The van der Waals surface area contributed by atoms with Crippen LogP contribution in [0.3, 0.4) is 0 Å². The summed E-state index contributed by atoms with van der Waals surface area (Å²) in [6.07, 6.45) is 1.64. The van der Waals surface area contributed by atoms with E-state index in [4.69, 9.17) is 0 Å². The van der Waals surface area contributed by atoms with Crippen LogP contribution in [0.15, 0.2) is 106 Å². The van der Waals surface area contributed by atoms with Crippen molar-refractivity contribution in [2.24, 2.45) is 0 Å². The summed E-state index contributed by atoms with van der Waals surface area (Å²) >= 11 is 2.91. The van der Waals surface area contributed by atoms with Crippen LogP contribution < -0.4 is 16.0 Å². The summed E-state index contributed by atoms with van der Waals surface area (Å²) in [5.41, 5.74) is 3.80. The molecule has 1 heterocycles. The number of thioether (sulfide) groups is 1. The number of carbonyl (C=O) groups is 3. The van der Waals surface area contributed by atoms with E-state index in [1.165, 1.54) is 23.1 Å². The van der Waals surface area contributed by atoms with Gasteiger partial charge in [0.1, 0.15) is 5.70 Å². The molecule has 4 rings (SSSR count). The summed E-state index contributed by atoms with van der Waals surface area (Å²) in [7, 11) is 0. The number of aryl methyl sites for hydroxylation is 1. The summed E-state index contributed by atoms with van der Waals surface area (Å²) < 4.78 is 0. The third-order valence-corrected chi connectivity index (χ3v) is 7.00. The molecule has 0 spiro atoms. The second-order valence-corrected chi connectivity index (χ2v) is 9.89. The first-order chi connectivity index (χ1) is 18.0. The lowest BCUT2D eigenvalue weighted by Crippen LogP contribution is -2.30. The van der Waals surface area contributed by atoms with E-state index in [1.807, 2.05) is 66.2 Å². The molecule has 6 nitrogen and oxygen atoms in total. The van der Waals surface area contributed by atoms with E-state index in [2.05, 4.69) is 16.0 Å². The minimum atomic E-state index is -0.437. The Labute approximate surface area is 223 Å². The van der Waals surface area contributed by atoms with Crippen LogP contribution in [0, 0.1) is 6.92 Å². The third kappa shape index (κ3) is 7.67. The molecule has 3 N–H and O–H groups in total. The lowest BCUT2D eigenvalue weighted by molar-refractivity contribution is -0.114. The van der Waals surface area contributed by atoms with Crippen molar-refractivity contribution >= 4 is 58.3 Å². The number of nitrogens with one attached hydrogen (secondary N) is 3. The van der Waals surface area contributed by atoms with Crippen LogP contribution in [0.25, 0.3) is 6.08 Å². The molecule has 0 aliphatic heterocycles. The van der Waals surface area contributed by atoms with Crippen LogP contribution in [-0.2, 0) is 9.59 Å². The topological polar surface area (TPSA) is 87.3 Å². The Morgan fingerprint density at radius 3 is 2.30 bits per heavy atom. The Hall–Kier alpha value is -4.14. The van der Waals surface area contributed by atoms with Crippen LogP contribution in [0.5, 0.6) is 0 Å². The molecular formula is C29H25N3O3S2. The van der Waals surface area contributed by atoms with E-state index < -0.39 is 5.91 Å². The molecule has 0 unspecified atom stereocenters. The zero-order valence-corrected chi connectivity index (χ0v) is 21.7. The fourth-order valence-corrected chi connectivity index (χ4v) is 4.66. The molecule has 186 valence electrons. The van der Waals surface area contributed by atoms with Gasteiger partial charge in [0.25, 0.3) is 11.8 Å². The number of anilines is 2. The third-order valence-electron chi connectivity index (χ3n) is 5.28. The second-order valence-electron chi connectivity index (χ2n) is 8.07. The van der Waals surface area contributed by atoms with Crippen LogP contribution in [0.1, 0.15) is 21.5 Å². The SMILES string of the molecule is Cc1ccccc1NC(=O)CSc1ccc(NC(=O)/C(=C/c2ccsc2)NC(=O)c2ccccc2)cc1. The number of hydrogen-bond acceptors (Lipinski definition) is 5. The maximum Gasteiger partial charge on any atom is 0.272 e. The molecule has 0 aliphatic carbocycles. The minimum absolute atomic E-state index is 0.0888. The predicted molar refractivity (Wildman–Crippen MR) is 152 cm³/mol. The number of hydrogen-bond donors (Lipinski definition) is 3. The van der Waals surface area contributed by atoms with Crippen molar-refractivity contribution in [2.75, 3.05) is 16.4 Å². The first kappa shape index (κ1) is 25.9. The zero-order chi connectivity index (χ0) is 26.0. The number of rotatable bonds is 9. The molecule has 1 aromatic heterocycles. The Balaban J connectivity index is 1.37. The van der Waals surface area contributed by atoms with Gasteiger partial charge in [-0.2, -0.15) is 11.3 Å². The van der Waals surface area contributed by atoms with Gasteiger partial charge in [-0.05, 0) is 83.4 Å². The molecule has 0 bridgehead atoms. The van der Waals surface area contributed by atoms with Crippen LogP contribution in [0.4, 0.5) is 11.4 Å². The van der Waals surface area contributed by atoms with Gasteiger partial charge in [-0.1, -0.05) is 36.4 Å². The second kappa shape index (κ2) is 12.7. The molecule has 0 radical (unpaired) electrons. The lowest BCUT2D eigenvalue weighted by atomic mass is 10.2. The van der Waals surface area contributed by atoms with E-state index in [9.17, 15) is 14.4 Å². The van der Waals surface area contributed by atoms with E-state index >= 15 is 0 Å². The van der Waals surface area contributed by atoms with Crippen molar-refractivity contribution in [1.29, 1.82) is 0 Å². The highest BCUT2D eigenvalue weighted by Crippen LogP contribution is 2.22. The molecule has 0 atom stereocenters. The molecule has 4 aromatic rings. The lowest BCUT2D eigenvalue weighted by Gasteiger charge is -2.12. The molecule has 3 aromatic carbocycles. The number of thiophene rings is 1. The number of amides is 3. The van der Waals surface area contributed by atoms with Gasteiger partial charge in [-0.15, -0.1) is 11.8 Å². The van der Waals surface area contributed by atoms with Gasteiger partial charge in [-0.25, -0.2) is 0 Å². The van der Waals surface area contributed by atoms with E-state index in [0.717, 1.165) is 21.7 Å². The first-order valence-corrected chi connectivity index (χ1v) is 13.4. The van der Waals surface area contributed by atoms with Crippen LogP contribution in [-0.4, -0.2) is 23.5 Å². The Bertz CT molecular complexity index is 1400. The predicted octanol–water partition coefficient (Wildman–Crippen LogP) is 6.20. The summed E-state index contributed by atoms with van der Waals surface area (Å²) in [4.78, 5) is 38.9. The first-order valence-electron chi connectivity index (χ1n) is 11.5. The number of benzene rings is 3. The van der Waals surface area contributed by atoms with Gasteiger partial charge < -0.3 is 16.0 Å². The van der Waals surface area contributed by atoms with E-state index in [0.29, 0.717) is 11.3 Å². The minimum Gasteiger partial charge on any atom is -0.325 e. The number of carbonyl (C=O) groups excluding carboxylic acids is 3. The van der Waals surface area contributed by atoms with Gasteiger partial charge >= 0.3 is 0 Å². The van der Waals surface area contributed by atoms with Crippen molar-refractivity contribution in [3.8, 4) is 0 Å². The van der Waals surface area contributed by atoms with Gasteiger partial charge in [0.05, 0.1) is 5.75 Å². The average Bonchev–Trinajstić information content (AvgIpc) is 3.43. The molecule has 8 heteroatoms. The summed E-state index contributed by atoms with van der Waals surface area (Å²) in [5.74, 6) is -0.630. The van der Waals surface area contributed by atoms with Crippen molar-refractivity contribution in [3.63, 3.8) is 0 Å². The highest BCUT2D eigenvalue weighted by molar-refractivity contribution is 8.00. The molecule has 0 aliphatic rings. The normalized spacial score (nSPS) is 11.0. The maximum atomic E-state index is 13.1. The Morgan fingerprint density at radius 1 is 0.865 bits per heavy atom. The van der Waals surface area contributed by atoms with Crippen molar-refractivity contribution in [3.05, 3.63) is 118 Å².